The summed E-state index contributed by atoms with van der Waals surface area (Å²) in [5.74, 6) is 1.05. The van der Waals surface area contributed by atoms with Crippen LogP contribution in [0.1, 0.15) is 42.5 Å². The Morgan fingerprint density at radius 1 is 1.42 bits per heavy atom. The maximum absolute atomic E-state index is 13.9. The SMILES string of the molecule is COC1COCCC1N[C@@H]1C[C@H]2SCC[C@@]2(C(=O)N2CCc3ncc(C(F)(F)F)cc3C2)C1. The number of alkyl halides is 3. The van der Waals surface area contributed by atoms with Crippen molar-refractivity contribution in [1.82, 2.24) is 15.2 Å². The first-order valence-corrected chi connectivity index (χ1v) is 12.7. The number of methoxy groups -OCH3 is 1. The molecular formula is C23H30F3N3O3S. The summed E-state index contributed by atoms with van der Waals surface area (Å²) in [4.78, 5) is 19.7. The van der Waals surface area contributed by atoms with Gasteiger partial charge in [-0.2, -0.15) is 24.9 Å². The molecule has 2 saturated heterocycles. The Bertz CT molecular complexity index is 901. The molecule has 182 valence electrons. The summed E-state index contributed by atoms with van der Waals surface area (Å²) < 4.78 is 50.6. The lowest BCUT2D eigenvalue weighted by molar-refractivity contribution is -0.142. The summed E-state index contributed by atoms with van der Waals surface area (Å²) in [7, 11) is 1.70. The number of hydrogen-bond donors (Lipinski definition) is 1. The van der Waals surface area contributed by atoms with Gasteiger partial charge in [-0.15, -0.1) is 0 Å². The van der Waals surface area contributed by atoms with Crippen LogP contribution in [0, 0.1) is 5.41 Å². The quantitative estimate of drug-likeness (QED) is 0.708. The van der Waals surface area contributed by atoms with E-state index in [2.05, 4.69) is 10.3 Å². The fraction of sp³-hybridized carbons (Fsp3) is 0.739. The van der Waals surface area contributed by atoms with Gasteiger partial charge < -0.3 is 19.7 Å². The van der Waals surface area contributed by atoms with Gasteiger partial charge in [0.05, 0.1) is 23.7 Å². The van der Waals surface area contributed by atoms with Crippen LogP contribution in [0.5, 0.6) is 0 Å². The highest BCUT2D eigenvalue weighted by molar-refractivity contribution is 8.00. The fourth-order valence-corrected chi connectivity index (χ4v) is 7.75. The number of nitrogens with zero attached hydrogens (tertiary/aromatic N) is 2. The molecule has 3 aliphatic heterocycles. The molecule has 1 saturated carbocycles. The van der Waals surface area contributed by atoms with Gasteiger partial charge in [-0.3, -0.25) is 9.78 Å². The molecular weight excluding hydrogens is 455 g/mol. The van der Waals surface area contributed by atoms with Crippen molar-refractivity contribution >= 4 is 17.7 Å². The number of nitrogens with one attached hydrogen (secondary N) is 1. The highest BCUT2D eigenvalue weighted by Crippen LogP contribution is 2.55. The van der Waals surface area contributed by atoms with Gasteiger partial charge in [0.25, 0.3) is 0 Å². The van der Waals surface area contributed by atoms with Gasteiger partial charge in [0.2, 0.25) is 5.91 Å². The van der Waals surface area contributed by atoms with E-state index in [4.69, 9.17) is 9.47 Å². The van der Waals surface area contributed by atoms with Crippen LogP contribution in [0.4, 0.5) is 13.2 Å². The number of rotatable bonds is 4. The summed E-state index contributed by atoms with van der Waals surface area (Å²) in [5, 5.41) is 3.99. The Kier molecular flexibility index (Phi) is 6.39. The molecule has 1 aliphatic carbocycles. The second-order valence-corrected chi connectivity index (χ2v) is 10.9. The van der Waals surface area contributed by atoms with Crippen LogP contribution in [-0.4, -0.2) is 71.8 Å². The van der Waals surface area contributed by atoms with Crippen molar-refractivity contribution in [2.24, 2.45) is 5.41 Å². The molecule has 1 aromatic heterocycles. The summed E-state index contributed by atoms with van der Waals surface area (Å²) in [6.45, 7) is 1.99. The number of amides is 1. The zero-order valence-electron chi connectivity index (χ0n) is 18.7. The van der Waals surface area contributed by atoms with Crippen molar-refractivity contribution in [3.63, 3.8) is 0 Å². The predicted molar refractivity (Wildman–Crippen MR) is 118 cm³/mol. The zero-order valence-corrected chi connectivity index (χ0v) is 19.5. The largest absolute Gasteiger partial charge is 0.417 e. The van der Waals surface area contributed by atoms with Gasteiger partial charge in [0.15, 0.2) is 0 Å². The first-order valence-electron chi connectivity index (χ1n) is 11.6. The average Bonchev–Trinajstić information content (AvgIpc) is 3.35. The lowest BCUT2D eigenvalue weighted by atomic mass is 9.80. The van der Waals surface area contributed by atoms with Crippen molar-refractivity contribution in [3.05, 3.63) is 29.1 Å². The Morgan fingerprint density at radius 2 is 2.27 bits per heavy atom. The molecule has 0 bridgehead atoms. The molecule has 1 N–H and O–H groups in total. The second kappa shape index (κ2) is 9.02. The Balaban J connectivity index is 1.31. The van der Waals surface area contributed by atoms with Crippen LogP contribution < -0.4 is 5.32 Å². The number of halogens is 3. The number of ether oxygens (including phenoxy) is 2. The molecule has 6 nitrogen and oxygen atoms in total. The molecule has 0 spiro atoms. The maximum atomic E-state index is 13.9. The highest BCUT2D eigenvalue weighted by atomic mass is 32.2. The van der Waals surface area contributed by atoms with Crippen molar-refractivity contribution in [3.8, 4) is 0 Å². The van der Waals surface area contributed by atoms with E-state index >= 15 is 0 Å². The van der Waals surface area contributed by atoms with Crippen LogP contribution in [0.2, 0.25) is 0 Å². The van der Waals surface area contributed by atoms with Gasteiger partial charge >= 0.3 is 6.18 Å². The number of aromatic nitrogens is 1. The van der Waals surface area contributed by atoms with Gasteiger partial charge in [-0.25, -0.2) is 0 Å². The van der Waals surface area contributed by atoms with Gasteiger partial charge in [-0.05, 0) is 43.1 Å². The minimum absolute atomic E-state index is 0.00687. The van der Waals surface area contributed by atoms with E-state index < -0.39 is 17.2 Å². The lowest BCUT2D eigenvalue weighted by Gasteiger charge is -2.37. The molecule has 2 unspecified atom stereocenters. The highest BCUT2D eigenvalue weighted by Gasteiger charge is 2.57. The number of hydrogen-bond acceptors (Lipinski definition) is 6. The summed E-state index contributed by atoms with van der Waals surface area (Å²) in [6.07, 6.45) is 0.357. The number of thioether (sulfide) groups is 1. The topological polar surface area (TPSA) is 63.7 Å². The third-order valence-electron chi connectivity index (χ3n) is 7.73. The summed E-state index contributed by atoms with van der Waals surface area (Å²) in [5.41, 5.74) is -0.0149. The first kappa shape index (κ1) is 23.4. The monoisotopic (exact) mass is 485 g/mol. The van der Waals surface area contributed by atoms with Crippen molar-refractivity contribution < 1.29 is 27.4 Å². The molecule has 4 heterocycles. The average molecular weight is 486 g/mol. The maximum Gasteiger partial charge on any atom is 0.417 e. The molecule has 1 aromatic rings. The molecule has 4 aliphatic rings. The first-order chi connectivity index (χ1) is 15.8. The molecule has 33 heavy (non-hydrogen) atoms. The van der Waals surface area contributed by atoms with Crippen molar-refractivity contribution in [1.29, 1.82) is 0 Å². The van der Waals surface area contributed by atoms with E-state index in [0.717, 1.165) is 43.7 Å². The summed E-state index contributed by atoms with van der Waals surface area (Å²) in [6, 6.07) is 1.59. The molecule has 0 aromatic carbocycles. The Labute approximate surface area is 196 Å². The van der Waals surface area contributed by atoms with Gasteiger partial charge in [0, 0.05) is 62.5 Å². The van der Waals surface area contributed by atoms with Crippen LogP contribution in [0.3, 0.4) is 0 Å². The van der Waals surface area contributed by atoms with Crippen LogP contribution in [0.15, 0.2) is 12.3 Å². The van der Waals surface area contributed by atoms with E-state index in [0.29, 0.717) is 37.4 Å². The standard InChI is InChI=1S/C23H30F3N3O3S/c1-31-19-13-32-6-3-18(19)28-16-9-20-22(10-16,4-7-33-20)21(30)29-5-2-17-14(12-29)8-15(11-27-17)23(24,25)26/h8,11,16,18-20,28H,2-7,9-10,12-13H2,1H3/t16-,18?,19?,20-,22-/m1/s1. The third-order valence-corrected chi connectivity index (χ3v) is 9.22. The van der Waals surface area contributed by atoms with Crippen molar-refractivity contribution in [2.75, 3.05) is 32.6 Å². The third kappa shape index (κ3) is 4.39. The Morgan fingerprint density at radius 3 is 3.06 bits per heavy atom. The minimum Gasteiger partial charge on any atom is -0.379 e. The van der Waals surface area contributed by atoms with Crippen LogP contribution in [0.25, 0.3) is 0 Å². The molecule has 5 rings (SSSR count). The van der Waals surface area contributed by atoms with E-state index in [1.54, 1.807) is 12.0 Å². The summed E-state index contributed by atoms with van der Waals surface area (Å²) >= 11 is 1.86. The molecule has 0 radical (unpaired) electrons. The molecule has 1 amide bonds. The Hall–Kier alpha value is -1.36. The van der Waals surface area contributed by atoms with Crippen LogP contribution >= 0.6 is 11.8 Å². The van der Waals surface area contributed by atoms with Crippen molar-refractivity contribution in [2.45, 2.75) is 68.3 Å². The zero-order chi connectivity index (χ0) is 23.2. The van der Waals surface area contributed by atoms with Gasteiger partial charge in [-0.1, -0.05) is 0 Å². The predicted octanol–water partition coefficient (Wildman–Crippen LogP) is 3.03. The van der Waals surface area contributed by atoms with Gasteiger partial charge in [0.1, 0.15) is 0 Å². The molecule has 3 fully saturated rings. The number of carbonyl (C=O) groups is 1. The smallest absolute Gasteiger partial charge is 0.379 e. The number of pyridine rings is 1. The van der Waals surface area contributed by atoms with Crippen LogP contribution in [-0.2, 0) is 33.4 Å². The second-order valence-electron chi connectivity index (χ2n) is 9.62. The normalized spacial score (nSPS) is 34.2. The van der Waals surface area contributed by atoms with E-state index in [1.165, 1.54) is 0 Å². The lowest BCUT2D eigenvalue weighted by Crippen LogP contribution is -2.51. The van der Waals surface area contributed by atoms with E-state index in [1.807, 2.05) is 11.8 Å². The van der Waals surface area contributed by atoms with E-state index in [-0.39, 0.29) is 35.9 Å². The number of carbonyl (C=O) groups excluding carboxylic acids is 1. The number of fused-ring (bicyclic) bond motifs is 2. The minimum atomic E-state index is -4.44. The molecule has 5 atom stereocenters. The molecule has 10 heteroatoms. The fourth-order valence-electron chi connectivity index (χ4n) is 5.98. The van der Waals surface area contributed by atoms with E-state index in [9.17, 15) is 18.0 Å².